The van der Waals surface area contributed by atoms with Gasteiger partial charge in [-0.1, -0.05) is 47.6 Å². The van der Waals surface area contributed by atoms with Crippen molar-refractivity contribution in [2.45, 2.75) is 19.6 Å². The van der Waals surface area contributed by atoms with Crippen molar-refractivity contribution in [1.29, 1.82) is 0 Å². The minimum absolute atomic E-state index is 0.00705. The molecule has 1 N–H and O–H groups in total. The molecule has 150 valence electrons. The maximum Gasteiger partial charge on any atom is 0.315 e. The van der Waals surface area contributed by atoms with Gasteiger partial charge in [0.15, 0.2) is 0 Å². The zero-order valence-electron chi connectivity index (χ0n) is 15.3. The minimum atomic E-state index is -3.95. The fourth-order valence-corrected chi connectivity index (χ4v) is 3.11. The third-order valence-corrected chi connectivity index (χ3v) is 4.34. The van der Waals surface area contributed by atoms with Crippen LogP contribution in [0.15, 0.2) is 59.8 Å². The van der Waals surface area contributed by atoms with Gasteiger partial charge in [0.05, 0.1) is 12.0 Å². The molecule has 0 heterocycles. The highest BCUT2D eigenvalue weighted by Gasteiger charge is 2.36. The van der Waals surface area contributed by atoms with Crippen LogP contribution in [-0.4, -0.2) is 31.5 Å². The Hall–Kier alpha value is -2.78. The molecule has 7 nitrogen and oxygen atoms in total. The summed E-state index contributed by atoms with van der Waals surface area (Å²) < 4.78 is 41.3. The molecule has 0 spiro atoms. The first kappa shape index (κ1) is 21.5. The van der Waals surface area contributed by atoms with Crippen molar-refractivity contribution in [3.8, 4) is 0 Å². The summed E-state index contributed by atoms with van der Waals surface area (Å²) in [4.78, 5) is 17.0. The lowest BCUT2D eigenvalue weighted by molar-refractivity contribution is -0.142. The number of halogens is 1. The van der Waals surface area contributed by atoms with Gasteiger partial charge in [-0.2, -0.15) is 8.42 Å². The molecule has 28 heavy (non-hydrogen) atoms. The highest BCUT2D eigenvalue weighted by Crippen LogP contribution is 2.29. The number of carboxylic acid groups (broad SMARTS) is 1. The Bertz CT molecular complexity index is 929. The van der Waals surface area contributed by atoms with Crippen molar-refractivity contribution in [3.05, 3.63) is 71.5 Å². The summed E-state index contributed by atoms with van der Waals surface area (Å²) in [5.41, 5.74) is 1.03. The molecule has 0 saturated carbocycles. The van der Waals surface area contributed by atoms with Gasteiger partial charge in [-0.3, -0.25) is 8.98 Å². The first-order valence-corrected chi connectivity index (χ1v) is 10.1. The number of benzene rings is 2. The largest absolute Gasteiger partial charge is 0.481 e. The molecule has 0 amide bonds. The summed E-state index contributed by atoms with van der Waals surface area (Å²) >= 11 is 0. The molecule has 0 aliphatic heterocycles. The summed E-state index contributed by atoms with van der Waals surface area (Å²) in [6.45, 7) is 1.40. The predicted octanol–water partition coefficient (Wildman–Crippen LogP) is 3.14. The minimum Gasteiger partial charge on any atom is -0.481 e. The molecule has 2 rings (SSSR count). The van der Waals surface area contributed by atoms with Crippen molar-refractivity contribution in [2.24, 2.45) is 11.1 Å². The van der Waals surface area contributed by atoms with Gasteiger partial charge >= 0.3 is 5.97 Å². The lowest BCUT2D eigenvalue weighted by atomic mass is 9.92. The average molecular weight is 409 g/mol. The van der Waals surface area contributed by atoms with Crippen LogP contribution in [0.4, 0.5) is 4.39 Å². The Morgan fingerprint density at radius 2 is 1.75 bits per heavy atom. The Labute approximate surface area is 162 Å². The molecule has 2 atom stereocenters. The van der Waals surface area contributed by atoms with Crippen molar-refractivity contribution >= 4 is 21.8 Å². The number of hydrogen-bond acceptors (Lipinski definition) is 6. The number of oxime groups is 1. The fraction of sp³-hybridized carbons (Fsp3) is 0.263. The van der Waals surface area contributed by atoms with E-state index in [2.05, 4.69) is 5.16 Å². The molecule has 0 bridgehead atoms. The number of hydrogen-bond donors (Lipinski definition) is 1. The SMILES string of the molecule is CC(=NOCc1ccc(F)cc1)C(C(=O)O)C(OS(C)(=O)=O)c1ccccc1. The zero-order chi connectivity index (χ0) is 20.7. The van der Waals surface area contributed by atoms with Crippen LogP contribution >= 0.6 is 0 Å². The van der Waals surface area contributed by atoms with Gasteiger partial charge in [-0.25, -0.2) is 4.39 Å². The normalized spacial score (nSPS) is 14.3. The molecule has 0 aromatic heterocycles. The van der Waals surface area contributed by atoms with E-state index in [9.17, 15) is 22.7 Å². The molecule has 2 unspecified atom stereocenters. The molecule has 2 aromatic rings. The molecular weight excluding hydrogens is 389 g/mol. The second kappa shape index (κ2) is 9.43. The first-order valence-electron chi connectivity index (χ1n) is 8.24. The Kier molecular flexibility index (Phi) is 7.24. The molecule has 0 aliphatic carbocycles. The van der Waals surface area contributed by atoms with E-state index < -0.39 is 33.9 Å². The molecule has 0 aliphatic rings. The van der Waals surface area contributed by atoms with E-state index in [1.165, 1.54) is 31.2 Å². The quantitative estimate of drug-likeness (QED) is 0.388. The van der Waals surface area contributed by atoms with Crippen LogP contribution in [0.3, 0.4) is 0 Å². The number of nitrogens with zero attached hydrogens (tertiary/aromatic N) is 1. The number of aliphatic carboxylic acids is 1. The number of carboxylic acids is 1. The van der Waals surface area contributed by atoms with Gasteiger partial charge < -0.3 is 9.94 Å². The van der Waals surface area contributed by atoms with E-state index in [0.29, 0.717) is 11.1 Å². The van der Waals surface area contributed by atoms with E-state index >= 15 is 0 Å². The fourth-order valence-electron chi connectivity index (χ4n) is 2.51. The zero-order valence-corrected chi connectivity index (χ0v) is 16.1. The lowest BCUT2D eigenvalue weighted by Crippen LogP contribution is -2.31. The predicted molar refractivity (Wildman–Crippen MR) is 101 cm³/mol. The topological polar surface area (TPSA) is 102 Å². The summed E-state index contributed by atoms with van der Waals surface area (Å²) in [6.07, 6.45) is -0.466. The maximum absolute atomic E-state index is 12.9. The second-order valence-corrected chi connectivity index (χ2v) is 7.68. The first-order chi connectivity index (χ1) is 13.2. The van der Waals surface area contributed by atoms with E-state index in [1.807, 2.05) is 0 Å². The highest BCUT2D eigenvalue weighted by molar-refractivity contribution is 7.86. The van der Waals surface area contributed by atoms with Crippen molar-refractivity contribution in [2.75, 3.05) is 6.26 Å². The third-order valence-electron chi connectivity index (χ3n) is 3.78. The van der Waals surface area contributed by atoms with E-state index in [-0.39, 0.29) is 12.3 Å². The average Bonchev–Trinajstić information content (AvgIpc) is 2.62. The molecule has 0 fully saturated rings. The van der Waals surface area contributed by atoms with E-state index in [0.717, 1.165) is 6.26 Å². The maximum atomic E-state index is 12.9. The lowest BCUT2D eigenvalue weighted by Gasteiger charge is -2.23. The van der Waals surface area contributed by atoms with Crippen molar-refractivity contribution < 1.29 is 31.7 Å². The van der Waals surface area contributed by atoms with Crippen LogP contribution < -0.4 is 0 Å². The van der Waals surface area contributed by atoms with Crippen LogP contribution in [0.2, 0.25) is 0 Å². The molecule has 9 heteroatoms. The van der Waals surface area contributed by atoms with Crippen LogP contribution in [-0.2, 0) is 30.5 Å². The van der Waals surface area contributed by atoms with Crippen LogP contribution in [0.25, 0.3) is 0 Å². The van der Waals surface area contributed by atoms with E-state index in [1.54, 1.807) is 30.3 Å². The molecule has 0 radical (unpaired) electrons. The van der Waals surface area contributed by atoms with Gasteiger partial charge in [-0.05, 0) is 30.2 Å². The van der Waals surface area contributed by atoms with Crippen LogP contribution in [0.5, 0.6) is 0 Å². The van der Waals surface area contributed by atoms with Gasteiger partial charge in [0.1, 0.15) is 24.4 Å². The van der Waals surface area contributed by atoms with Crippen LogP contribution in [0.1, 0.15) is 24.2 Å². The molecular formula is C19H20FNO6S. The second-order valence-electron chi connectivity index (χ2n) is 6.08. The van der Waals surface area contributed by atoms with Crippen molar-refractivity contribution in [1.82, 2.24) is 0 Å². The summed E-state index contributed by atoms with van der Waals surface area (Å²) in [5, 5.41) is 13.5. The van der Waals surface area contributed by atoms with Crippen molar-refractivity contribution in [3.63, 3.8) is 0 Å². The molecule has 0 saturated heterocycles. The monoisotopic (exact) mass is 409 g/mol. The number of rotatable bonds is 9. The van der Waals surface area contributed by atoms with Gasteiger partial charge in [0.25, 0.3) is 10.1 Å². The summed E-state index contributed by atoms with van der Waals surface area (Å²) in [7, 11) is -3.95. The Morgan fingerprint density at radius 3 is 2.29 bits per heavy atom. The highest BCUT2D eigenvalue weighted by atomic mass is 32.2. The summed E-state index contributed by atoms with van der Waals surface area (Å²) in [6, 6.07) is 13.7. The standard InChI is InChI=1S/C19H20FNO6S/c1-13(21-26-12-14-8-10-16(20)11-9-14)17(19(22)23)18(27-28(2,24)25)15-6-4-3-5-7-15/h3-11,17-18H,12H2,1-2H3,(H,22,23). The van der Waals surface area contributed by atoms with Crippen LogP contribution in [0, 0.1) is 11.7 Å². The van der Waals surface area contributed by atoms with E-state index in [4.69, 9.17) is 9.02 Å². The number of carbonyl (C=O) groups is 1. The smallest absolute Gasteiger partial charge is 0.315 e. The van der Waals surface area contributed by atoms with Gasteiger partial charge in [-0.15, -0.1) is 0 Å². The third kappa shape index (κ3) is 6.43. The van der Waals surface area contributed by atoms with Gasteiger partial charge in [0.2, 0.25) is 0 Å². The molecule has 2 aromatic carbocycles. The van der Waals surface area contributed by atoms with Gasteiger partial charge in [0, 0.05) is 0 Å². The summed E-state index contributed by atoms with van der Waals surface area (Å²) in [5.74, 6) is -3.10. The Morgan fingerprint density at radius 1 is 1.14 bits per heavy atom. The Balaban J connectivity index is 2.25.